The number of amides is 1. The van der Waals surface area contributed by atoms with Crippen LogP contribution in [-0.4, -0.2) is 53.0 Å². The molecule has 4 rings (SSSR count). The highest BCUT2D eigenvalue weighted by atomic mass is 16.2. The number of piperidine rings is 2. The molecule has 0 atom stereocenters. The van der Waals surface area contributed by atoms with E-state index in [1.807, 2.05) is 23.2 Å². The first-order valence-electron chi connectivity index (χ1n) is 8.71. The van der Waals surface area contributed by atoms with Crippen molar-refractivity contribution in [3.63, 3.8) is 0 Å². The number of hydrogen-bond acceptors (Lipinski definition) is 3. The van der Waals surface area contributed by atoms with Crippen molar-refractivity contribution in [3.8, 4) is 0 Å². The first-order chi connectivity index (χ1) is 10.8. The predicted molar refractivity (Wildman–Crippen MR) is 86.3 cm³/mol. The molecule has 0 radical (unpaired) electrons. The van der Waals surface area contributed by atoms with E-state index in [2.05, 4.69) is 16.0 Å². The monoisotopic (exact) mass is 299 g/mol. The van der Waals surface area contributed by atoms with Gasteiger partial charge in [0.15, 0.2) is 0 Å². The maximum absolute atomic E-state index is 12.6. The van der Waals surface area contributed by atoms with Gasteiger partial charge in [0.1, 0.15) is 0 Å². The standard InChI is InChI=1S/C18H25N3O/c22-18-17-7-3-2-6-15(17)14-21(18)20-12-8-16(9-13-20)19-10-4-1-5-11-19/h2-3,6-7,16H,1,4-5,8-14H2. The first-order valence-corrected chi connectivity index (χ1v) is 8.71. The van der Waals surface area contributed by atoms with Gasteiger partial charge in [-0.2, -0.15) is 0 Å². The van der Waals surface area contributed by atoms with Crippen LogP contribution in [0.1, 0.15) is 48.0 Å². The molecule has 2 fully saturated rings. The van der Waals surface area contributed by atoms with Crippen LogP contribution in [0.5, 0.6) is 0 Å². The fourth-order valence-corrected chi connectivity index (χ4v) is 4.21. The Balaban J connectivity index is 1.37. The molecule has 0 aromatic heterocycles. The summed E-state index contributed by atoms with van der Waals surface area (Å²) >= 11 is 0. The average Bonchev–Trinajstić information content (AvgIpc) is 2.93. The Bertz CT molecular complexity index is 545. The second-order valence-electron chi connectivity index (χ2n) is 6.80. The molecule has 3 aliphatic rings. The molecule has 0 aliphatic carbocycles. The molecule has 4 heteroatoms. The summed E-state index contributed by atoms with van der Waals surface area (Å²) in [5, 5.41) is 4.25. The number of carbonyl (C=O) groups excluding carboxylic acids is 1. The second kappa shape index (κ2) is 6.01. The fraction of sp³-hybridized carbons (Fsp3) is 0.611. The molecule has 22 heavy (non-hydrogen) atoms. The van der Waals surface area contributed by atoms with Gasteiger partial charge in [-0.25, -0.2) is 5.01 Å². The van der Waals surface area contributed by atoms with Crippen LogP contribution in [0.4, 0.5) is 0 Å². The third-order valence-electron chi connectivity index (χ3n) is 5.49. The van der Waals surface area contributed by atoms with Crippen LogP contribution in [0.25, 0.3) is 0 Å². The zero-order valence-electron chi connectivity index (χ0n) is 13.2. The zero-order chi connectivity index (χ0) is 14.9. The van der Waals surface area contributed by atoms with Gasteiger partial charge >= 0.3 is 0 Å². The second-order valence-corrected chi connectivity index (χ2v) is 6.80. The Hall–Kier alpha value is -1.39. The van der Waals surface area contributed by atoms with Crippen LogP contribution in [-0.2, 0) is 6.54 Å². The Morgan fingerprint density at radius 3 is 2.36 bits per heavy atom. The van der Waals surface area contributed by atoms with E-state index < -0.39 is 0 Å². The molecule has 1 aromatic carbocycles. The molecule has 3 aliphatic heterocycles. The summed E-state index contributed by atoms with van der Waals surface area (Å²) in [5.74, 6) is 0.187. The summed E-state index contributed by atoms with van der Waals surface area (Å²) in [6.07, 6.45) is 6.51. The van der Waals surface area contributed by atoms with Crippen molar-refractivity contribution in [2.24, 2.45) is 0 Å². The first kappa shape index (κ1) is 14.2. The molecule has 0 spiro atoms. The van der Waals surface area contributed by atoms with Gasteiger partial charge in [0.05, 0.1) is 6.54 Å². The Morgan fingerprint density at radius 1 is 0.909 bits per heavy atom. The number of rotatable bonds is 2. The molecule has 2 saturated heterocycles. The summed E-state index contributed by atoms with van der Waals surface area (Å²) in [7, 11) is 0. The fourth-order valence-electron chi connectivity index (χ4n) is 4.21. The van der Waals surface area contributed by atoms with Crippen LogP contribution in [0.2, 0.25) is 0 Å². The number of carbonyl (C=O) groups is 1. The minimum absolute atomic E-state index is 0.187. The van der Waals surface area contributed by atoms with Gasteiger partial charge in [0.25, 0.3) is 5.91 Å². The van der Waals surface area contributed by atoms with Crippen molar-refractivity contribution in [1.29, 1.82) is 0 Å². The molecule has 0 N–H and O–H groups in total. The summed E-state index contributed by atoms with van der Waals surface area (Å²) in [6.45, 7) is 5.34. The molecule has 3 heterocycles. The van der Waals surface area contributed by atoms with E-state index in [1.165, 1.54) is 50.8 Å². The predicted octanol–water partition coefficient (Wildman–Crippen LogP) is 2.51. The van der Waals surface area contributed by atoms with E-state index in [4.69, 9.17) is 0 Å². The zero-order valence-corrected chi connectivity index (χ0v) is 13.2. The minimum atomic E-state index is 0.187. The van der Waals surface area contributed by atoms with Crippen molar-refractivity contribution < 1.29 is 4.79 Å². The van der Waals surface area contributed by atoms with E-state index in [1.54, 1.807) is 0 Å². The van der Waals surface area contributed by atoms with Gasteiger partial charge in [0.2, 0.25) is 0 Å². The maximum Gasteiger partial charge on any atom is 0.268 e. The molecule has 4 nitrogen and oxygen atoms in total. The molecular formula is C18H25N3O. The lowest BCUT2D eigenvalue weighted by molar-refractivity contribution is -0.0379. The number of fused-ring (bicyclic) bond motifs is 1. The Morgan fingerprint density at radius 2 is 1.64 bits per heavy atom. The number of hydrazine groups is 1. The number of benzene rings is 1. The average molecular weight is 299 g/mol. The van der Waals surface area contributed by atoms with Crippen LogP contribution < -0.4 is 0 Å². The van der Waals surface area contributed by atoms with Gasteiger partial charge in [-0.3, -0.25) is 9.80 Å². The molecular weight excluding hydrogens is 274 g/mol. The summed E-state index contributed by atoms with van der Waals surface area (Å²) in [5.41, 5.74) is 2.06. The highest BCUT2D eigenvalue weighted by Gasteiger charge is 2.34. The maximum atomic E-state index is 12.6. The minimum Gasteiger partial charge on any atom is -0.300 e. The lowest BCUT2D eigenvalue weighted by atomic mass is 10.0. The van der Waals surface area contributed by atoms with Crippen LogP contribution in [0.15, 0.2) is 24.3 Å². The highest BCUT2D eigenvalue weighted by molar-refractivity contribution is 5.97. The third kappa shape index (κ3) is 2.55. The van der Waals surface area contributed by atoms with E-state index in [0.29, 0.717) is 0 Å². The molecule has 118 valence electrons. The summed E-state index contributed by atoms with van der Waals surface area (Å²) in [4.78, 5) is 15.2. The van der Waals surface area contributed by atoms with E-state index in [-0.39, 0.29) is 5.91 Å². The SMILES string of the molecule is O=C1c2ccccc2CN1N1CCC(N2CCCCC2)CC1. The van der Waals surface area contributed by atoms with Crippen molar-refractivity contribution >= 4 is 5.91 Å². The molecule has 1 aromatic rings. The molecule has 1 amide bonds. The van der Waals surface area contributed by atoms with Gasteiger partial charge < -0.3 is 4.90 Å². The normalized spacial score (nSPS) is 24.7. The number of nitrogens with zero attached hydrogens (tertiary/aromatic N) is 3. The Labute approximate surface area is 132 Å². The molecule has 0 bridgehead atoms. The van der Waals surface area contributed by atoms with E-state index in [9.17, 15) is 4.79 Å². The van der Waals surface area contributed by atoms with Crippen molar-refractivity contribution in [3.05, 3.63) is 35.4 Å². The lowest BCUT2D eigenvalue weighted by Crippen LogP contribution is -2.52. The quantitative estimate of drug-likeness (QED) is 0.839. The number of likely N-dealkylation sites (tertiary alicyclic amines) is 1. The summed E-state index contributed by atoms with van der Waals surface area (Å²) in [6, 6.07) is 8.75. The van der Waals surface area contributed by atoms with Crippen molar-refractivity contribution in [2.45, 2.75) is 44.7 Å². The van der Waals surface area contributed by atoms with E-state index in [0.717, 1.165) is 31.2 Å². The van der Waals surface area contributed by atoms with Gasteiger partial charge in [0, 0.05) is 24.7 Å². The molecule has 0 unspecified atom stereocenters. The van der Waals surface area contributed by atoms with Gasteiger partial charge in [-0.05, 0) is 50.4 Å². The smallest absolute Gasteiger partial charge is 0.268 e. The van der Waals surface area contributed by atoms with Gasteiger partial charge in [-0.1, -0.05) is 24.6 Å². The van der Waals surface area contributed by atoms with Crippen LogP contribution in [0, 0.1) is 0 Å². The molecule has 0 saturated carbocycles. The topological polar surface area (TPSA) is 26.8 Å². The summed E-state index contributed by atoms with van der Waals surface area (Å²) < 4.78 is 0. The third-order valence-corrected chi connectivity index (χ3v) is 5.49. The van der Waals surface area contributed by atoms with Crippen molar-refractivity contribution in [2.75, 3.05) is 26.2 Å². The van der Waals surface area contributed by atoms with Crippen molar-refractivity contribution in [1.82, 2.24) is 14.9 Å². The van der Waals surface area contributed by atoms with E-state index >= 15 is 0 Å². The Kier molecular flexibility index (Phi) is 3.89. The van der Waals surface area contributed by atoms with Gasteiger partial charge in [-0.15, -0.1) is 0 Å². The van der Waals surface area contributed by atoms with Crippen LogP contribution >= 0.6 is 0 Å². The van der Waals surface area contributed by atoms with Crippen LogP contribution in [0.3, 0.4) is 0 Å². The number of hydrogen-bond donors (Lipinski definition) is 0. The lowest BCUT2D eigenvalue weighted by Gasteiger charge is -2.42. The highest BCUT2D eigenvalue weighted by Crippen LogP contribution is 2.27. The largest absolute Gasteiger partial charge is 0.300 e.